The Balaban J connectivity index is 1.43. The van der Waals surface area contributed by atoms with Gasteiger partial charge in [-0.05, 0) is 56.4 Å². The molecule has 7 rings (SSSR count). The summed E-state index contributed by atoms with van der Waals surface area (Å²) in [7, 11) is 0. The van der Waals surface area contributed by atoms with E-state index in [0.717, 1.165) is 11.6 Å². The number of allylic oxidation sites excluding steroid dienone is 4. The van der Waals surface area contributed by atoms with E-state index in [0.29, 0.717) is 43.8 Å². The lowest BCUT2D eigenvalue weighted by Crippen LogP contribution is -2.43. The molecule has 1 saturated heterocycles. The molecule has 2 aromatic carbocycles. The van der Waals surface area contributed by atoms with Crippen LogP contribution in [0.25, 0.3) is 10.8 Å². The number of likely N-dealkylation sites (tertiary alicyclic amines) is 1. The molecular weight excluding hydrogens is 847 g/mol. The molecule has 2 aromatic rings. The number of nitrogens with two attached hydrogens (primary N) is 2. The molecule has 66 heavy (non-hydrogen) atoms. The normalized spacial score (nSPS) is 29.0. The van der Waals surface area contributed by atoms with E-state index in [-0.39, 0.29) is 99.2 Å². The Hall–Kier alpha value is -5.49. The van der Waals surface area contributed by atoms with Crippen molar-refractivity contribution < 1.29 is 49.0 Å². The lowest BCUT2D eigenvalue weighted by molar-refractivity contribution is -0.159. The number of benzene rings is 2. The lowest BCUT2D eigenvalue weighted by atomic mass is 9.80. The Bertz CT molecular complexity index is 2460. The molecule has 5 aliphatic rings. The number of nitrogens with one attached hydrogen (secondary N) is 1. The van der Waals surface area contributed by atoms with Gasteiger partial charge < -0.3 is 55.6 Å². The van der Waals surface area contributed by atoms with Crippen LogP contribution in [0.3, 0.4) is 0 Å². The number of hydrogen-bond acceptors (Lipinski definition) is 16. The van der Waals surface area contributed by atoms with Crippen LogP contribution >= 0.6 is 0 Å². The predicted molar refractivity (Wildman–Crippen MR) is 249 cm³/mol. The molecule has 9 N–H and O–H groups in total. The maximum absolute atomic E-state index is 14.7. The molecule has 0 saturated carbocycles. The van der Waals surface area contributed by atoms with Crippen LogP contribution in [-0.4, -0.2) is 104 Å². The highest BCUT2D eigenvalue weighted by Gasteiger charge is 2.50. The molecule has 4 unspecified atom stereocenters. The van der Waals surface area contributed by atoms with Gasteiger partial charge in [-0.2, -0.15) is 0 Å². The summed E-state index contributed by atoms with van der Waals surface area (Å²) in [6.45, 7) is 18.4. The molecule has 0 radical (unpaired) electrons. The highest BCUT2D eigenvalue weighted by atomic mass is 16.7. The van der Waals surface area contributed by atoms with Crippen molar-refractivity contribution in [1.82, 2.24) is 9.91 Å². The average molecular weight is 916 g/mol. The first-order valence-corrected chi connectivity index (χ1v) is 23.0. The van der Waals surface area contributed by atoms with Gasteiger partial charge in [-0.3, -0.25) is 24.4 Å². The summed E-state index contributed by atoms with van der Waals surface area (Å²) in [6.07, 6.45) is 10.2. The zero-order chi connectivity index (χ0) is 48.4. The van der Waals surface area contributed by atoms with Crippen molar-refractivity contribution in [3.05, 3.63) is 69.9 Å². The number of aromatic hydroxyl groups is 2. The van der Waals surface area contributed by atoms with Crippen LogP contribution in [0.15, 0.2) is 58.0 Å². The largest absolute Gasteiger partial charge is 0.507 e. The van der Waals surface area contributed by atoms with Crippen LogP contribution in [0.1, 0.15) is 103 Å². The van der Waals surface area contributed by atoms with Gasteiger partial charge >= 0.3 is 11.8 Å². The number of Topliss-reactive ketones (excluding diaryl/α,β-unsaturated/α-hetero) is 1. The fourth-order valence-electron chi connectivity index (χ4n) is 9.59. The third kappa shape index (κ3) is 10.4. The van der Waals surface area contributed by atoms with E-state index in [2.05, 4.69) is 24.1 Å². The highest BCUT2D eigenvalue weighted by Crippen LogP contribution is 2.50. The number of ketones is 1. The smallest absolute Gasteiger partial charge is 0.327 e. The summed E-state index contributed by atoms with van der Waals surface area (Å²) >= 11 is 0. The number of phenols is 2. The van der Waals surface area contributed by atoms with Crippen molar-refractivity contribution >= 4 is 34.1 Å². The molecular formula is C49H69N7O10. The second kappa shape index (κ2) is 20.2. The summed E-state index contributed by atoms with van der Waals surface area (Å²) in [6, 6.07) is 0. The molecule has 1 fully saturated rings. The van der Waals surface area contributed by atoms with Gasteiger partial charge in [0.2, 0.25) is 0 Å². The number of nitrogens with zero attached hydrogens (tertiary/aromatic N) is 4. The zero-order valence-electron chi connectivity index (χ0n) is 39.8. The minimum atomic E-state index is -1.92. The minimum Gasteiger partial charge on any atom is -0.507 e. The number of hydrogen-bond donors (Lipinski definition) is 7. The molecule has 17 nitrogen and oxygen atoms in total. The predicted octanol–water partition coefficient (Wildman–Crippen LogP) is 4.49. The van der Waals surface area contributed by atoms with Crippen molar-refractivity contribution in [2.24, 2.45) is 51.2 Å². The summed E-state index contributed by atoms with van der Waals surface area (Å²) in [5.41, 5.74) is 5.74. The Kier molecular flexibility index (Phi) is 15.3. The van der Waals surface area contributed by atoms with Crippen LogP contribution in [0.4, 0.5) is 5.69 Å². The maximum Gasteiger partial charge on any atom is 0.327 e. The van der Waals surface area contributed by atoms with E-state index < -0.39 is 53.0 Å². The first-order chi connectivity index (χ1) is 31.1. The van der Waals surface area contributed by atoms with Gasteiger partial charge in [0, 0.05) is 86.8 Å². The highest BCUT2D eigenvalue weighted by molar-refractivity contribution is 6.19. The van der Waals surface area contributed by atoms with Crippen LogP contribution in [0.2, 0.25) is 0 Å². The number of anilines is 1. The quantitative estimate of drug-likeness (QED) is 0.0834. The van der Waals surface area contributed by atoms with Crippen LogP contribution < -0.4 is 32.3 Å². The zero-order valence-corrected chi connectivity index (χ0v) is 39.8. The van der Waals surface area contributed by atoms with E-state index in [1.165, 1.54) is 19.4 Å². The number of aliphatic hydroxyl groups excluding tert-OH is 2. The molecule has 5 bridgehead atoms. The van der Waals surface area contributed by atoms with Gasteiger partial charge in [-0.25, -0.2) is 5.84 Å². The van der Waals surface area contributed by atoms with Crippen LogP contribution in [0, 0.1) is 36.5 Å². The second-order valence-electron chi connectivity index (χ2n) is 19.4. The number of phenolic OH excluding ortho intramolecular Hbond substituents is 2. The number of piperidine rings is 1. The fraction of sp³-hybridized carbons (Fsp3) is 0.571. The second-order valence-corrected chi connectivity index (χ2v) is 19.4. The average Bonchev–Trinajstić information content (AvgIpc) is 3.75. The molecule has 0 aliphatic carbocycles. The van der Waals surface area contributed by atoms with E-state index in [1.807, 2.05) is 33.8 Å². The minimum absolute atomic E-state index is 0.0229. The molecule has 5 aliphatic heterocycles. The van der Waals surface area contributed by atoms with Gasteiger partial charge in [0.05, 0.1) is 28.7 Å². The number of carbonyl (C=O) groups is 3. The number of esters is 1. The lowest BCUT2D eigenvalue weighted by Gasteiger charge is -2.36. The van der Waals surface area contributed by atoms with Crippen molar-refractivity contribution in [3.63, 3.8) is 0 Å². The fourth-order valence-corrected chi connectivity index (χ4v) is 9.59. The summed E-state index contributed by atoms with van der Waals surface area (Å²) < 4.78 is 18.5. The Labute approximate surface area is 386 Å². The topological polar surface area (TPSA) is 255 Å². The number of rotatable bonds is 8. The first kappa shape index (κ1) is 49.9. The summed E-state index contributed by atoms with van der Waals surface area (Å²) in [5.74, 6) is 0.851. The molecule has 360 valence electrons. The summed E-state index contributed by atoms with van der Waals surface area (Å²) in [5, 5.41) is 49.4. The number of ether oxygens (including phenoxy) is 3. The standard InChI is InChI=1S/C49H69N7O10/c1-26(2)23-55-18-16-49(17-19-55)53-38-35-36-42(60)32(8)45-37(35)46(62)48(9,66-45)64-21-11-14-28(4)44(65-34(58)25-56(51)24-33(50)15-20-57)31(7)41(59)30(6)22-27(3)12-10-13-29(5)47(63)52-40(43(36)61)39(38)54-49/h10-13,21,24,26-28,30-31,41,44,57,59-61H,14-20,22-23,25,50-51H2,1-9H3,(H,52,63)/b12-10+,21-11+,29-13-,33-24-/t27?,28-,30-,31-,41?,44?,48?/m1/s1. The van der Waals surface area contributed by atoms with Gasteiger partial charge in [0.25, 0.3) is 11.7 Å². The number of carbonyl (C=O) groups excluding carboxylic acids is 3. The third-order valence-corrected chi connectivity index (χ3v) is 13.2. The Morgan fingerprint density at radius 3 is 2.42 bits per heavy atom. The Morgan fingerprint density at radius 1 is 1.08 bits per heavy atom. The molecule has 1 spiro atoms. The van der Waals surface area contributed by atoms with E-state index >= 15 is 0 Å². The monoisotopic (exact) mass is 916 g/mol. The molecule has 0 aromatic heterocycles. The van der Waals surface area contributed by atoms with Gasteiger partial charge in [0.15, 0.2) is 11.4 Å². The molecule has 17 heteroatoms. The van der Waals surface area contributed by atoms with Crippen molar-refractivity contribution in [1.29, 1.82) is 0 Å². The summed E-state index contributed by atoms with van der Waals surface area (Å²) in [4.78, 5) is 54.7. The van der Waals surface area contributed by atoms with Gasteiger partial charge in [0.1, 0.15) is 35.2 Å². The van der Waals surface area contributed by atoms with Crippen molar-refractivity contribution in [2.45, 2.75) is 118 Å². The van der Waals surface area contributed by atoms with Gasteiger partial charge in [-0.1, -0.05) is 59.8 Å². The van der Waals surface area contributed by atoms with E-state index in [1.54, 1.807) is 32.1 Å². The number of aliphatic hydroxyl groups is 2. The molecule has 1 amide bonds. The number of hydrazine groups is 1. The SMILES string of the molecule is C/C1=C/C=C/C(C)C[C@@H](C)C(O)[C@@H](C)C(OC(=O)CN(N)/C=C(\N)CCO)[C@H](C)C/C=C/OC2(C)Oc3c(C)c(O)c4c(O)c(c5c(c4c3C2=O)=NC2(CCN(CC(C)C)CC2)N=5)NC1=O. The molecule has 7 atom stereocenters. The van der Waals surface area contributed by atoms with Crippen LogP contribution in [0.5, 0.6) is 17.2 Å². The number of fused-ring (bicyclic) bond motifs is 13. The van der Waals surface area contributed by atoms with Crippen molar-refractivity contribution in [2.75, 3.05) is 38.1 Å². The van der Waals surface area contributed by atoms with Crippen LogP contribution in [-0.2, 0) is 19.1 Å². The molecule has 5 heterocycles. The Morgan fingerprint density at radius 2 is 1.76 bits per heavy atom. The number of amides is 1. The van der Waals surface area contributed by atoms with Gasteiger partial charge in [-0.15, -0.1) is 0 Å². The van der Waals surface area contributed by atoms with E-state index in [4.69, 9.17) is 35.8 Å². The maximum atomic E-state index is 14.7. The third-order valence-electron chi connectivity index (χ3n) is 13.2. The van der Waals surface area contributed by atoms with E-state index in [9.17, 15) is 34.8 Å². The van der Waals surface area contributed by atoms with Crippen molar-refractivity contribution in [3.8, 4) is 17.2 Å². The first-order valence-electron chi connectivity index (χ1n) is 23.0.